The van der Waals surface area contributed by atoms with E-state index in [0.717, 1.165) is 11.1 Å². The van der Waals surface area contributed by atoms with Crippen LogP contribution in [0.1, 0.15) is 150 Å². The molecule has 8 bridgehead atoms. The zero-order valence-electron chi connectivity index (χ0n) is 54.4. The zero-order valence-corrected chi connectivity index (χ0v) is 57.2. The number of carbonyl (C=O) groups excluding carboxylic acids is 7. The summed E-state index contributed by atoms with van der Waals surface area (Å²) < 4.78 is 31.9. The van der Waals surface area contributed by atoms with E-state index in [-0.39, 0.29) is 112 Å². The Labute approximate surface area is 557 Å². The van der Waals surface area contributed by atoms with Gasteiger partial charge >= 0.3 is 0 Å². The van der Waals surface area contributed by atoms with Crippen molar-refractivity contribution in [2.75, 3.05) is 13.2 Å². The summed E-state index contributed by atoms with van der Waals surface area (Å²) in [7, 11) is -5.32. The van der Waals surface area contributed by atoms with Crippen LogP contribution in [0, 0.1) is 59.2 Å². The molecule has 7 heterocycles. The first kappa shape index (κ1) is 77.5. The summed E-state index contributed by atoms with van der Waals surface area (Å²) >= 11 is 0. The summed E-state index contributed by atoms with van der Waals surface area (Å²) in [5.41, 5.74) is 36.7. The van der Waals surface area contributed by atoms with E-state index >= 15 is 0 Å². The largest absolute Gasteiger partial charge is 0.756 e. The number of nitrogens with one attached hydrogen (secondary N) is 1. The van der Waals surface area contributed by atoms with Crippen LogP contribution < -0.4 is 44.6 Å². The van der Waals surface area contributed by atoms with Crippen LogP contribution in [0.5, 0.6) is 0 Å². The number of allylic oxidation sites excluding steroid dienone is 6. The SMILES string of the molecule is C/C1=C2/[N-][C@H]([C@H](CC(N)=O)[C@@]2(C)CCC(=O)NC[C@@H](C)OP(=O)([O-])OC2[C@@H](CO)O[C@H](n3cnc4cc(C)c(C)cc43)[C@H]2O)[C@]2(C)N=C(/C(C)=C3N=C(/C=C4N=C1[C@@H](CCC(N)=O)C\4(C)C)[C@@H](CCC(N)=O)[C@]\3(C)CC(N)=O)[C@@H](CCC(N)=O)[C@]2(C)CC(N)=O.Cl.O.[Co]. The number of phosphoric acid groups is 1. The van der Waals surface area contributed by atoms with E-state index in [1.165, 1.54) is 17.8 Å². The smallest absolute Gasteiger partial charge is 0.268 e. The topological polar surface area (TPSA) is 496 Å². The number of fused-ring (bicyclic) bond motifs is 7. The molecule has 31 heteroatoms. The number of hydrogen-bond acceptors (Lipinski definition) is 18. The van der Waals surface area contributed by atoms with Gasteiger partial charge in [-0.1, -0.05) is 40.7 Å². The predicted octanol–water partition coefficient (Wildman–Crippen LogP) is 2.91. The van der Waals surface area contributed by atoms with Gasteiger partial charge in [-0.25, -0.2) is 4.98 Å². The number of aliphatic hydroxyl groups excluding tert-OH is 2. The number of rotatable bonds is 26. The van der Waals surface area contributed by atoms with Crippen LogP contribution >= 0.6 is 20.2 Å². The number of ether oxygens (including phenoxy) is 1. The second kappa shape index (κ2) is 29.0. The maximum Gasteiger partial charge on any atom is 0.268 e. The van der Waals surface area contributed by atoms with Gasteiger partial charge in [0.25, 0.3) is 7.82 Å². The van der Waals surface area contributed by atoms with Crippen molar-refractivity contribution in [3.05, 3.63) is 69.2 Å². The van der Waals surface area contributed by atoms with Crippen molar-refractivity contribution in [3.8, 4) is 0 Å². The fraction of sp³-hybridized carbons (Fsp3) is 0.629. The molecule has 15 atom stereocenters. The minimum atomic E-state index is -5.32. The van der Waals surface area contributed by atoms with E-state index in [1.807, 2.05) is 80.5 Å². The number of benzene rings is 1. The number of amides is 7. The average Bonchev–Trinajstić information content (AvgIpc) is 1.53. The van der Waals surface area contributed by atoms with E-state index in [4.69, 9.17) is 68.5 Å². The number of primary amides is 6. The Balaban J connectivity index is 0.00000523. The number of aromatic nitrogens is 2. The minimum absolute atomic E-state index is 0. The second-order valence-corrected chi connectivity index (χ2v) is 28.3. The Kier molecular flexibility index (Phi) is 24.2. The summed E-state index contributed by atoms with van der Waals surface area (Å²) in [6, 6.07) is 2.65. The minimum Gasteiger partial charge on any atom is -0.756 e. The van der Waals surface area contributed by atoms with Crippen molar-refractivity contribution in [1.29, 1.82) is 0 Å². The molecule has 0 aliphatic carbocycles. The van der Waals surface area contributed by atoms with Gasteiger partial charge in [0.05, 0.1) is 41.3 Å². The number of phosphoric ester groups is 1. The van der Waals surface area contributed by atoms with Gasteiger partial charge in [-0.3, -0.25) is 53.1 Å². The molecule has 93 heavy (non-hydrogen) atoms. The second-order valence-electron chi connectivity index (χ2n) is 27.0. The third-order valence-corrected chi connectivity index (χ3v) is 21.6. The normalized spacial score (nSPS) is 33.1. The zero-order chi connectivity index (χ0) is 66.7. The number of aliphatic imine (C=N–C) groups is 3. The first-order valence-corrected chi connectivity index (χ1v) is 32.0. The maximum atomic E-state index is 14.4. The van der Waals surface area contributed by atoms with Crippen LogP contribution in [-0.4, -0.2) is 133 Å². The number of nitrogens with two attached hydrogens (primary N) is 6. The quantitative estimate of drug-likeness (QED) is 0.0612. The molecular weight excluding hydrogens is 1290 g/mol. The van der Waals surface area contributed by atoms with E-state index in [9.17, 15) is 53.2 Å². The van der Waals surface area contributed by atoms with Crippen molar-refractivity contribution < 1.29 is 89.3 Å². The van der Waals surface area contributed by atoms with E-state index < -0.39 is 143 Å². The summed E-state index contributed by atoms with van der Waals surface area (Å²) in [5, 5.41) is 30.1. The molecule has 1 radical (unpaired) electrons. The fourth-order valence-electron chi connectivity index (χ4n) is 15.3. The van der Waals surface area contributed by atoms with Gasteiger partial charge in [0, 0.05) is 125 Å². The van der Waals surface area contributed by atoms with Crippen molar-refractivity contribution in [1.82, 2.24) is 14.9 Å². The Morgan fingerprint density at radius 1 is 0.796 bits per heavy atom. The molecule has 8 rings (SSSR count). The third kappa shape index (κ3) is 14.9. The number of halogens is 1. The van der Waals surface area contributed by atoms with Gasteiger partial charge in [0.15, 0.2) is 6.23 Å². The molecule has 2 aromatic rings. The molecule has 2 saturated heterocycles. The van der Waals surface area contributed by atoms with E-state index in [0.29, 0.717) is 56.4 Å². The van der Waals surface area contributed by atoms with E-state index in [1.54, 1.807) is 6.92 Å². The number of aliphatic hydroxyl groups is 2. The van der Waals surface area contributed by atoms with Crippen LogP contribution in [0.3, 0.4) is 0 Å². The summed E-state index contributed by atoms with van der Waals surface area (Å²) in [5.74, 6) is -7.40. The summed E-state index contributed by atoms with van der Waals surface area (Å²) in [6.45, 7) is 19.0. The van der Waals surface area contributed by atoms with Crippen LogP contribution in [0.25, 0.3) is 16.4 Å². The van der Waals surface area contributed by atoms with Gasteiger partial charge in [-0.2, -0.15) is 5.70 Å². The molecule has 517 valence electrons. The number of hydrogen-bond donors (Lipinski definition) is 9. The van der Waals surface area contributed by atoms with E-state index in [2.05, 4.69) is 10.3 Å². The first-order valence-electron chi connectivity index (χ1n) is 30.5. The average molecular weight is 1380 g/mol. The molecule has 1 aromatic heterocycles. The Bertz CT molecular complexity index is 3550. The van der Waals surface area contributed by atoms with Crippen molar-refractivity contribution in [2.45, 2.75) is 189 Å². The molecule has 2 unspecified atom stereocenters. The molecule has 0 saturated carbocycles. The van der Waals surface area contributed by atoms with Crippen molar-refractivity contribution >= 4 is 89.7 Å². The molecule has 7 amide bonds. The number of aryl methyl sites for hydroxylation is 2. The van der Waals surface area contributed by atoms with Crippen LogP contribution in [0.15, 0.2) is 67.8 Å². The van der Waals surface area contributed by atoms with Crippen molar-refractivity contribution in [3.63, 3.8) is 0 Å². The molecule has 2 fully saturated rings. The van der Waals surface area contributed by atoms with Gasteiger partial charge in [-0.05, 0) is 119 Å². The van der Waals surface area contributed by atoms with Gasteiger partial charge in [0.2, 0.25) is 41.4 Å². The molecular formula is C62H91ClCoN13O15P-2. The third-order valence-electron chi connectivity index (χ3n) is 20.5. The Morgan fingerprint density at radius 3 is 1.95 bits per heavy atom. The molecule has 1 aromatic carbocycles. The van der Waals surface area contributed by atoms with Gasteiger partial charge < -0.3 is 84.0 Å². The molecule has 6 aliphatic heterocycles. The molecule has 6 aliphatic rings. The number of carbonyl (C=O) groups is 7. The maximum absolute atomic E-state index is 14.4. The van der Waals surface area contributed by atoms with Crippen LogP contribution in [0.4, 0.5) is 0 Å². The Morgan fingerprint density at radius 2 is 1.38 bits per heavy atom. The monoisotopic (exact) mass is 1380 g/mol. The fourth-order valence-corrected chi connectivity index (χ4v) is 16.4. The van der Waals surface area contributed by atoms with Crippen LogP contribution in [0.2, 0.25) is 0 Å². The van der Waals surface area contributed by atoms with Gasteiger partial charge in [-0.15, -0.1) is 12.4 Å². The molecule has 0 spiro atoms. The predicted molar refractivity (Wildman–Crippen MR) is 342 cm³/mol. The summed E-state index contributed by atoms with van der Waals surface area (Å²) in [6.07, 6.45) is -4.79. The standard InChI is InChI=1S/C62H90N13O14P.ClH.Co.H2O/c1-29-20-39-40(21-30(29)2)75(28-70-39)57-52(84)53(41(27-76)87-57)89-90(85,86)88-31(3)26-69-49(83)18-19-59(8)37(22-46(66)80)56-62(11)61(10,25-48(68)82)36(14-17-45(65)79)51(74-62)33(5)55-60(9,24-47(67)81)34(12-15-43(63)77)38(71-55)23-42-58(6,7)35(13-16-44(64)78)50(72-42)32(4)54(59)73-56;;;/h20-21,23,28,31,34-37,41,52-53,56-57,76,84H,12-19,22,24-27H2,1-11H3,(H15,63,64,65,66,67,68,69,71,72,73,74,77,78,79,80,81,82,83,85,86);1H;;1H2/p-2/t31-,34-,35-,36-,37+,41-,52+,53?,56-,57+,59-,60+,61+,62+;;;/m1.../s1. The van der Waals surface area contributed by atoms with Gasteiger partial charge in [0.1, 0.15) is 18.3 Å². The summed E-state index contributed by atoms with van der Waals surface area (Å²) in [4.78, 5) is 128. The molecule has 28 nitrogen and oxygen atoms in total. The van der Waals surface area contributed by atoms with Crippen LogP contribution in [-0.2, 0) is 68.7 Å². The Hall–Kier alpha value is -6.24. The number of imidazole rings is 1. The first-order chi connectivity index (χ1) is 41.8. The number of nitrogens with zero attached hydrogens (tertiary/aromatic N) is 6. The molecule has 17 N–H and O–H groups in total. The van der Waals surface area contributed by atoms with Crippen molar-refractivity contribution in [2.24, 2.45) is 94.7 Å².